The van der Waals surface area contributed by atoms with E-state index in [9.17, 15) is 0 Å². The quantitative estimate of drug-likeness (QED) is 0.914. The highest BCUT2D eigenvalue weighted by molar-refractivity contribution is 9.10. The summed E-state index contributed by atoms with van der Waals surface area (Å²) in [4.78, 5) is 7.62. The number of hydrogen-bond donors (Lipinski definition) is 1. The van der Waals surface area contributed by atoms with Crippen molar-refractivity contribution in [3.8, 4) is 0 Å². The molecule has 3 heteroatoms. The second-order valence-electron chi connectivity index (χ2n) is 4.52. The maximum atomic E-state index is 4.32. The number of aryl methyl sites for hydroxylation is 5. The van der Waals surface area contributed by atoms with Crippen LogP contribution in [0.15, 0.2) is 22.8 Å². The molecule has 1 N–H and O–H groups in total. The first-order valence-corrected chi connectivity index (χ1v) is 6.62. The number of halogens is 1. The van der Waals surface area contributed by atoms with E-state index in [0.29, 0.717) is 0 Å². The molecule has 0 fully saturated rings. The van der Waals surface area contributed by atoms with E-state index >= 15 is 0 Å². The van der Waals surface area contributed by atoms with Crippen LogP contribution < -0.4 is 0 Å². The van der Waals surface area contributed by atoms with Gasteiger partial charge in [0.05, 0.1) is 0 Å². The van der Waals surface area contributed by atoms with Gasteiger partial charge in [-0.2, -0.15) is 0 Å². The molecule has 0 aliphatic heterocycles. The Morgan fingerprint density at radius 3 is 2.59 bits per heavy atom. The smallest absolute Gasteiger partial charge is 0.127 e. The summed E-state index contributed by atoms with van der Waals surface area (Å²) in [5.41, 5.74) is 5.29. The average molecular weight is 293 g/mol. The maximum Gasteiger partial charge on any atom is 0.127 e. The molecular formula is C14H17BrN2. The van der Waals surface area contributed by atoms with Gasteiger partial charge < -0.3 is 4.98 Å². The molecule has 2 aromatic rings. The first kappa shape index (κ1) is 12.4. The summed E-state index contributed by atoms with van der Waals surface area (Å²) in [5.74, 6) is 0.966. The zero-order valence-electron chi connectivity index (χ0n) is 10.5. The minimum atomic E-state index is 0.945. The number of imidazole rings is 1. The van der Waals surface area contributed by atoms with Crippen molar-refractivity contribution in [2.75, 3.05) is 0 Å². The highest BCUT2D eigenvalue weighted by atomic mass is 79.9. The fourth-order valence-corrected chi connectivity index (χ4v) is 2.57. The SMILES string of the molecule is Cc1ccc(C)c(CCc2[nH]c(C)nc2Br)c1. The van der Waals surface area contributed by atoms with Crippen LogP contribution >= 0.6 is 15.9 Å². The maximum absolute atomic E-state index is 4.32. The van der Waals surface area contributed by atoms with E-state index in [1.165, 1.54) is 22.4 Å². The molecule has 1 aromatic heterocycles. The Morgan fingerprint density at radius 2 is 1.94 bits per heavy atom. The van der Waals surface area contributed by atoms with Crippen LogP contribution in [0, 0.1) is 20.8 Å². The molecule has 0 bridgehead atoms. The molecule has 2 nitrogen and oxygen atoms in total. The topological polar surface area (TPSA) is 28.7 Å². The van der Waals surface area contributed by atoms with E-state index in [0.717, 1.165) is 23.3 Å². The second-order valence-corrected chi connectivity index (χ2v) is 5.27. The number of nitrogens with zero attached hydrogens (tertiary/aromatic N) is 1. The number of hydrogen-bond acceptors (Lipinski definition) is 1. The van der Waals surface area contributed by atoms with Crippen molar-refractivity contribution in [2.24, 2.45) is 0 Å². The molecule has 17 heavy (non-hydrogen) atoms. The summed E-state index contributed by atoms with van der Waals surface area (Å²) in [6, 6.07) is 6.62. The number of rotatable bonds is 3. The number of aromatic nitrogens is 2. The molecule has 0 saturated heterocycles. The van der Waals surface area contributed by atoms with Gasteiger partial charge in [0.1, 0.15) is 10.4 Å². The van der Waals surface area contributed by atoms with Gasteiger partial charge in [0, 0.05) is 5.69 Å². The van der Waals surface area contributed by atoms with Crippen molar-refractivity contribution in [3.05, 3.63) is 51.0 Å². The van der Waals surface area contributed by atoms with E-state index in [-0.39, 0.29) is 0 Å². The first-order valence-electron chi connectivity index (χ1n) is 5.83. The van der Waals surface area contributed by atoms with Crippen LogP contribution in [-0.4, -0.2) is 9.97 Å². The lowest BCUT2D eigenvalue weighted by molar-refractivity contribution is 0.905. The molecule has 0 atom stereocenters. The molecule has 0 unspecified atom stereocenters. The average Bonchev–Trinajstić information content (AvgIpc) is 2.59. The summed E-state index contributed by atoms with van der Waals surface area (Å²) in [5, 5.41) is 0. The normalized spacial score (nSPS) is 10.8. The van der Waals surface area contributed by atoms with Crippen LogP contribution in [0.1, 0.15) is 28.2 Å². The lowest BCUT2D eigenvalue weighted by atomic mass is 10.0. The largest absolute Gasteiger partial charge is 0.345 e. The predicted octanol–water partition coefficient (Wildman–Crippen LogP) is 3.88. The van der Waals surface area contributed by atoms with Gasteiger partial charge >= 0.3 is 0 Å². The number of nitrogens with one attached hydrogen (secondary N) is 1. The summed E-state index contributed by atoms with van der Waals surface area (Å²) in [7, 11) is 0. The summed E-state index contributed by atoms with van der Waals surface area (Å²) in [6.45, 7) is 6.29. The third kappa shape index (κ3) is 2.97. The highest BCUT2D eigenvalue weighted by Crippen LogP contribution is 2.18. The van der Waals surface area contributed by atoms with Crippen molar-refractivity contribution in [1.82, 2.24) is 9.97 Å². The van der Waals surface area contributed by atoms with Gasteiger partial charge in [-0.1, -0.05) is 23.8 Å². The van der Waals surface area contributed by atoms with Crippen molar-refractivity contribution in [1.29, 1.82) is 0 Å². The Labute approximate surface area is 111 Å². The summed E-state index contributed by atoms with van der Waals surface area (Å²) >= 11 is 3.48. The molecule has 0 radical (unpaired) electrons. The lowest BCUT2D eigenvalue weighted by Crippen LogP contribution is -1.96. The molecule has 1 heterocycles. The van der Waals surface area contributed by atoms with Crippen LogP contribution in [0.2, 0.25) is 0 Å². The van der Waals surface area contributed by atoms with Gasteiger partial charge in [0.2, 0.25) is 0 Å². The molecule has 0 saturated carbocycles. The van der Waals surface area contributed by atoms with Crippen molar-refractivity contribution in [3.63, 3.8) is 0 Å². The van der Waals surface area contributed by atoms with E-state index < -0.39 is 0 Å². The molecule has 0 spiro atoms. The van der Waals surface area contributed by atoms with Gasteiger partial charge in [-0.3, -0.25) is 0 Å². The van der Waals surface area contributed by atoms with Crippen LogP contribution in [0.25, 0.3) is 0 Å². The molecule has 0 amide bonds. The molecule has 0 aliphatic rings. The van der Waals surface area contributed by atoms with Crippen molar-refractivity contribution >= 4 is 15.9 Å². The van der Waals surface area contributed by atoms with Gasteiger partial charge in [-0.05, 0) is 60.7 Å². The lowest BCUT2D eigenvalue weighted by Gasteiger charge is -2.06. The first-order chi connectivity index (χ1) is 8.06. The van der Waals surface area contributed by atoms with Gasteiger partial charge in [-0.25, -0.2) is 4.98 Å². The zero-order valence-corrected chi connectivity index (χ0v) is 12.1. The van der Waals surface area contributed by atoms with Gasteiger partial charge in [0.15, 0.2) is 0 Å². The molecule has 1 aromatic carbocycles. The van der Waals surface area contributed by atoms with E-state index in [2.05, 4.69) is 57.9 Å². The van der Waals surface area contributed by atoms with E-state index in [1.54, 1.807) is 0 Å². The highest BCUT2D eigenvalue weighted by Gasteiger charge is 2.06. The molecule has 2 rings (SSSR count). The monoisotopic (exact) mass is 292 g/mol. The van der Waals surface area contributed by atoms with Crippen molar-refractivity contribution < 1.29 is 0 Å². The third-order valence-electron chi connectivity index (χ3n) is 3.00. The summed E-state index contributed by atoms with van der Waals surface area (Å²) < 4.78 is 0.945. The minimum absolute atomic E-state index is 0.945. The Kier molecular flexibility index (Phi) is 3.67. The Balaban J connectivity index is 2.12. The third-order valence-corrected chi connectivity index (χ3v) is 3.65. The van der Waals surface area contributed by atoms with Crippen LogP contribution in [0.4, 0.5) is 0 Å². The number of benzene rings is 1. The predicted molar refractivity (Wildman–Crippen MR) is 74.3 cm³/mol. The second kappa shape index (κ2) is 5.05. The van der Waals surface area contributed by atoms with Gasteiger partial charge in [-0.15, -0.1) is 0 Å². The number of H-pyrrole nitrogens is 1. The van der Waals surface area contributed by atoms with E-state index in [4.69, 9.17) is 0 Å². The van der Waals surface area contributed by atoms with Crippen LogP contribution in [0.5, 0.6) is 0 Å². The number of aromatic amines is 1. The molecule has 0 aliphatic carbocycles. The fraction of sp³-hybridized carbons (Fsp3) is 0.357. The van der Waals surface area contributed by atoms with Crippen molar-refractivity contribution in [2.45, 2.75) is 33.6 Å². The molecule has 90 valence electrons. The Bertz CT molecular complexity index is 529. The zero-order chi connectivity index (χ0) is 12.4. The Morgan fingerprint density at radius 1 is 1.18 bits per heavy atom. The van der Waals surface area contributed by atoms with Gasteiger partial charge in [0.25, 0.3) is 0 Å². The standard InChI is InChI=1S/C14H17BrN2/c1-9-4-5-10(2)12(8-9)6-7-13-14(15)17-11(3)16-13/h4-5,8H,6-7H2,1-3H3,(H,16,17). The molecular weight excluding hydrogens is 276 g/mol. The van der Waals surface area contributed by atoms with Crippen LogP contribution in [-0.2, 0) is 12.8 Å². The Hall–Kier alpha value is -1.09. The summed E-state index contributed by atoms with van der Waals surface area (Å²) in [6.07, 6.45) is 2.04. The van der Waals surface area contributed by atoms with E-state index in [1.807, 2.05) is 6.92 Å². The van der Waals surface area contributed by atoms with Crippen LogP contribution in [0.3, 0.4) is 0 Å². The minimum Gasteiger partial charge on any atom is -0.345 e. The fourth-order valence-electron chi connectivity index (χ4n) is 2.01.